The fraction of sp³-hybridized carbons (Fsp3) is 0.211. The molecular weight excluding hydrogens is 272 g/mol. The summed E-state index contributed by atoms with van der Waals surface area (Å²) >= 11 is 0. The number of hydrogen-bond donors (Lipinski definition) is 2. The Morgan fingerprint density at radius 3 is 2.68 bits per heavy atom. The van der Waals surface area contributed by atoms with Crippen LogP contribution < -0.4 is 5.32 Å². The number of nitrogens with zero attached hydrogens (tertiary/aromatic N) is 1. The molecule has 112 valence electrons. The van der Waals surface area contributed by atoms with Gasteiger partial charge in [-0.05, 0) is 35.6 Å². The minimum atomic E-state index is -0.508. The normalized spacial score (nSPS) is 13.9. The molecular formula is C19H20N2O. The third-order valence-electron chi connectivity index (χ3n) is 3.95. The Hall–Kier alpha value is -2.23. The highest BCUT2D eigenvalue weighted by molar-refractivity contribution is 5.81. The van der Waals surface area contributed by atoms with Crippen molar-refractivity contribution in [2.75, 3.05) is 0 Å². The van der Waals surface area contributed by atoms with Crippen LogP contribution in [0.15, 0.2) is 67.0 Å². The third-order valence-corrected chi connectivity index (χ3v) is 3.95. The molecule has 2 atom stereocenters. The van der Waals surface area contributed by atoms with Gasteiger partial charge in [0.25, 0.3) is 0 Å². The van der Waals surface area contributed by atoms with E-state index in [1.807, 2.05) is 49.5 Å². The Morgan fingerprint density at radius 2 is 1.86 bits per heavy atom. The van der Waals surface area contributed by atoms with Crippen molar-refractivity contribution >= 4 is 10.8 Å². The number of rotatable bonds is 5. The van der Waals surface area contributed by atoms with E-state index in [1.165, 1.54) is 10.9 Å². The molecule has 3 rings (SSSR count). The van der Waals surface area contributed by atoms with Crippen LogP contribution in [0, 0.1) is 0 Å². The molecule has 3 aromatic rings. The molecule has 0 spiro atoms. The van der Waals surface area contributed by atoms with Crippen LogP contribution in [0.1, 0.15) is 24.2 Å². The van der Waals surface area contributed by atoms with Crippen LogP contribution in [0.2, 0.25) is 0 Å². The zero-order valence-electron chi connectivity index (χ0n) is 12.6. The van der Waals surface area contributed by atoms with E-state index >= 15 is 0 Å². The average molecular weight is 292 g/mol. The molecule has 2 aromatic carbocycles. The molecule has 0 aliphatic heterocycles. The van der Waals surface area contributed by atoms with E-state index < -0.39 is 6.10 Å². The Morgan fingerprint density at radius 1 is 1.05 bits per heavy atom. The standard InChI is InChI=1S/C19H20N2O/c1-14(19(22)16-5-3-2-4-6-16)21-12-15-7-8-18-13-20-10-9-17(18)11-15/h2-11,13-14,19,21-22H,12H2,1H3. The van der Waals surface area contributed by atoms with Gasteiger partial charge in [-0.15, -0.1) is 0 Å². The molecule has 2 unspecified atom stereocenters. The first kappa shape index (κ1) is 14.7. The lowest BCUT2D eigenvalue weighted by molar-refractivity contribution is 0.135. The predicted octanol–water partition coefficient (Wildman–Crippen LogP) is 3.45. The molecule has 2 N–H and O–H groups in total. The van der Waals surface area contributed by atoms with E-state index in [0.29, 0.717) is 0 Å². The molecule has 0 radical (unpaired) electrons. The molecule has 0 amide bonds. The van der Waals surface area contributed by atoms with Crippen molar-refractivity contribution < 1.29 is 5.11 Å². The van der Waals surface area contributed by atoms with Gasteiger partial charge in [-0.25, -0.2) is 0 Å². The Labute approximate surface area is 130 Å². The Bertz CT molecular complexity index is 743. The lowest BCUT2D eigenvalue weighted by atomic mass is 10.0. The summed E-state index contributed by atoms with van der Waals surface area (Å²) in [5, 5.41) is 16.1. The third kappa shape index (κ3) is 3.32. The van der Waals surface area contributed by atoms with Crippen molar-refractivity contribution in [2.24, 2.45) is 0 Å². The summed E-state index contributed by atoms with van der Waals surface area (Å²) in [5.74, 6) is 0. The van der Waals surface area contributed by atoms with Crippen LogP contribution >= 0.6 is 0 Å². The predicted molar refractivity (Wildman–Crippen MR) is 89.4 cm³/mol. The minimum Gasteiger partial charge on any atom is -0.387 e. The topological polar surface area (TPSA) is 45.2 Å². The summed E-state index contributed by atoms with van der Waals surface area (Å²) < 4.78 is 0. The first-order valence-corrected chi connectivity index (χ1v) is 7.53. The van der Waals surface area contributed by atoms with E-state index in [2.05, 4.69) is 28.5 Å². The molecule has 3 nitrogen and oxygen atoms in total. The van der Waals surface area contributed by atoms with Crippen molar-refractivity contribution in [1.82, 2.24) is 10.3 Å². The largest absolute Gasteiger partial charge is 0.387 e. The molecule has 1 heterocycles. The van der Waals surface area contributed by atoms with Crippen molar-refractivity contribution in [3.8, 4) is 0 Å². The molecule has 3 heteroatoms. The Kier molecular flexibility index (Phi) is 4.47. The van der Waals surface area contributed by atoms with E-state index in [9.17, 15) is 5.11 Å². The summed E-state index contributed by atoms with van der Waals surface area (Å²) in [6.45, 7) is 2.73. The van der Waals surface area contributed by atoms with Crippen LogP contribution in [0.25, 0.3) is 10.8 Å². The maximum absolute atomic E-state index is 10.4. The second-order valence-electron chi connectivity index (χ2n) is 5.58. The second-order valence-corrected chi connectivity index (χ2v) is 5.58. The fourth-order valence-electron chi connectivity index (χ4n) is 2.57. The molecule has 0 saturated carbocycles. The maximum Gasteiger partial charge on any atom is 0.0940 e. The first-order chi connectivity index (χ1) is 10.7. The van der Waals surface area contributed by atoms with Crippen LogP contribution in [0.4, 0.5) is 0 Å². The van der Waals surface area contributed by atoms with Gasteiger partial charge in [-0.2, -0.15) is 0 Å². The lowest BCUT2D eigenvalue weighted by Crippen LogP contribution is -2.31. The molecule has 22 heavy (non-hydrogen) atoms. The number of aromatic nitrogens is 1. The summed E-state index contributed by atoms with van der Waals surface area (Å²) in [6, 6.07) is 18.1. The van der Waals surface area contributed by atoms with Gasteiger partial charge in [-0.1, -0.05) is 42.5 Å². The summed E-state index contributed by atoms with van der Waals surface area (Å²) in [4.78, 5) is 4.12. The number of aliphatic hydroxyl groups excluding tert-OH is 1. The monoisotopic (exact) mass is 292 g/mol. The molecule has 0 saturated heterocycles. The van der Waals surface area contributed by atoms with Crippen molar-refractivity contribution in [3.05, 3.63) is 78.1 Å². The maximum atomic E-state index is 10.4. The fourth-order valence-corrected chi connectivity index (χ4v) is 2.57. The highest BCUT2D eigenvalue weighted by atomic mass is 16.3. The summed E-state index contributed by atoms with van der Waals surface area (Å²) in [6.07, 6.45) is 3.17. The minimum absolute atomic E-state index is 0.0180. The number of benzene rings is 2. The molecule has 0 aliphatic carbocycles. The SMILES string of the molecule is CC(NCc1ccc2cnccc2c1)C(O)c1ccccc1. The van der Waals surface area contributed by atoms with Gasteiger partial charge >= 0.3 is 0 Å². The molecule has 1 aromatic heterocycles. The van der Waals surface area contributed by atoms with Gasteiger partial charge in [-0.3, -0.25) is 4.98 Å². The van der Waals surface area contributed by atoms with Crippen molar-refractivity contribution in [3.63, 3.8) is 0 Å². The summed E-state index contributed by atoms with van der Waals surface area (Å²) in [7, 11) is 0. The van der Waals surface area contributed by atoms with Crippen molar-refractivity contribution in [1.29, 1.82) is 0 Å². The van der Waals surface area contributed by atoms with Gasteiger partial charge in [0.1, 0.15) is 0 Å². The Balaban J connectivity index is 1.65. The molecule has 0 aliphatic rings. The van der Waals surface area contributed by atoms with Crippen LogP contribution in [-0.4, -0.2) is 16.1 Å². The zero-order chi connectivity index (χ0) is 15.4. The smallest absolute Gasteiger partial charge is 0.0940 e. The molecule has 0 fully saturated rings. The van der Waals surface area contributed by atoms with Gasteiger partial charge in [0.05, 0.1) is 6.10 Å². The number of fused-ring (bicyclic) bond motifs is 1. The number of nitrogens with one attached hydrogen (secondary N) is 1. The highest BCUT2D eigenvalue weighted by Crippen LogP contribution is 2.18. The molecule has 0 bridgehead atoms. The van der Waals surface area contributed by atoms with Crippen LogP contribution in [-0.2, 0) is 6.54 Å². The van der Waals surface area contributed by atoms with Gasteiger partial charge in [0.15, 0.2) is 0 Å². The van der Waals surface area contributed by atoms with E-state index in [-0.39, 0.29) is 6.04 Å². The van der Waals surface area contributed by atoms with Crippen LogP contribution in [0.3, 0.4) is 0 Å². The quantitative estimate of drug-likeness (QED) is 0.757. The summed E-state index contributed by atoms with van der Waals surface area (Å²) in [5.41, 5.74) is 2.14. The number of aliphatic hydroxyl groups is 1. The van der Waals surface area contributed by atoms with Crippen molar-refractivity contribution in [2.45, 2.75) is 25.6 Å². The average Bonchev–Trinajstić information content (AvgIpc) is 2.59. The number of pyridine rings is 1. The van der Waals surface area contributed by atoms with Gasteiger partial charge in [0.2, 0.25) is 0 Å². The van der Waals surface area contributed by atoms with E-state index in [1.54, 1.807) is 6.20 Å². The van der Waals surface area contributed by atoms with E-state index in [0.717, 1.165) is 17.5 Å². The van der Waals surface area contributed by atoms with Gasteiger partial charge in [0, 0.05) is 30.4 Å². The van der Waals surface area contributed by atoms with Crippen LogP contribution in [0.5, 0.6) is 0 Å². The van der Waals surface area contributed by atoms with Gasteiger partial charge < -0.3 is 10.4 Å². The highest BCUT2D eigenvalue weighted by Gasteiger charge is 2.15. The first-order valence-electron chi connectivity index (χ1n) is 7.53. The zero-order valence-corrected chi connectivity index (χ0v) is 12.6. The number of hydrogen-bond acceptors (Lipinski definition) is 3. The second kappa shape index (κ2) is 6.69. The lowest BCUT2D eigenvalue weighted by Gasteiger charge is -2.20. The van der Waals surface area contributed by atoms with E-state index in [4.69, 9.17) is 0 Å².